The van der Waals surface area contributed by atoms with Crippen LogP contribution < -0.4 is 0 Å². The summed E-state index contributed by atoms with van der Waals surface area (Å²) in [5, 5.41) is 0. The summed E-state index contributed by atoms with van der Waals surface area (Å²) in [5.74, 6) is 0.919. The molecule has 0 aromatic heterocycles. The molecule has 0 aromatic carbocycles. The summed E-state index contributed by atoms with van der Waals surface area (Å²) in [5.41, 5.74) is 0.202. The molecule has 0 saturated heterocycles. The standard InChI is InChI=1S/C12H21BrO2/c1-8-5-6-11(13)12(3,4)10(8)7-15-9(2)14/h8,10-11H,5-7H2,1-4H3/t8?,10-,11+/m1/s1. The molecular weight excluding hydrogens is 256 g/mol. The molecule has 0 aliphatic heterocycles. The van der Waals surface area contributed by atoms with Crippen LogP contribution in [0, 0.1) is 17.3 Å². The van der Waals surface area contributed by atoms with Gasteiger partial charge in [0.1, 0.15) is 0 Å². The fraction of sp³-hybridized carbons (Fsp3) is 0.917. The Bertz CT molecular complexity index is 238. The second kappa shape index (κ2) is 4.86. The van der Waals surface area contributed by atoms with Gasteiger partial charge in [-0.25, -0.2) is 0 Å². The maximum atomic E-state index is 10.9. The van der Waals surface area contributed by atoms with Gasteiger partial charge in [-0.3, -0.25) is 4.79 Å². The molecule has 0 spiro atoms. The zero-order valence-electron chi connectivity index (χ0n) is 10.0. The lowest BCUT2D eigenvalue weighted by molar-refractivity contribution is -0.145. The van der Waals surface area contributed by atoms with Crippen molar-refractivity contribution in [1.82, 2.24) is 0 Å². The molecule has 3 atom stereocenters. The van der Waals surface area contributed by atoms with Crippen LogP contribution in [0.5, 0.6) is 0 Å². The third kappa shape index (κ3) is 2.96. The summed E-state index contributed by atoms with van der Waals surface area (Å²) < 4.78 is 5.18. The Morgan fingerprint density at radius 3 is 2.60 bits per heavy atom. The fourth-order valence-corrected chi connectivity index (χ4v) is 3.14. The zero-order chi connectivity index (χ0) is 11.6. The molecule has 0 N–H and O–H groups in total. The summed E-state index contributed by atoms with van der Waals surface area (Å²) in [4.78, 5) is 11.4. The number of rotatable bonds is 2. The summed E-state index contributed by atoms with van der Waals surface area (Å²) in [7, 11) is 0. The van der Waals surface area contributed by atoms with Crippen LogP contribution in [-0.2, 0) is 9.53 Å². The van der Waals surface area contributed by atoms with Crippen LogP contribution in [0.3, 0.4) is 0 Å². The second-order valence-electron chi connectivity index (χ2n) is 5.25. The van der Waals surface area contributed by atoms with E-state index in [1.165, 1.54) is 19.8 Å². The quantitative estimate of drug-likeness (QED) is 0.571. The van der Waals surface area contributed by atoms with Crippen molar-refractivity contribution in [2.75, 3.05) is 6.61 Å². The molecule has 1 fully saturated rings. The van der Waals surface area contributed by atoms with E-state index in [0.29, 0.717) is 23.3 Å². The SMILES string of the molecule is CC(=O)OC[C@@H]1C(C)CC[C@H](Br)C1(C)C. The lowest BCUT2D eigenvalue weighted by Crippen LogP contribution is -2.43. The summed E-state index contributed by atoms with van der Waals surface area (Å²) >= 11 is 3.74. The van der Waals surface area contributed by atoms with E-state index in [1.807, 2.05) is 0 Å². The number of hydrogen-bond acceptors (Lipinski definition) is 2. The van der Waals surface area contributed by atoms with Gasteiger partial charge in [-0.05, 0) is 24.2 Å². The van der Waals surface area contributed by atoms with Gasteiger partial charge in [-0.2, -0.15) is 0 Å². The average Bonchev–Trinajstić information content (AvgIpc) is 2.11. The Hall–Kier alpha value is -0.0500. The van der Waals surface area contributed by atoms with E-state index < -0.39 is 0 Å². The van der Waals surface area contributed by atoms with E-state index in [9.17, 15) is 4.79 Å². The van der Waals surface area contributed by atoms with E-state index in [-0.39, 0.29) is 11.4 Å². The maximum absolute atomic E-state index is 10.9. The lowest BCUT2D eigenvalue weighted by Gasteiger charge is -2.46. The molecule has 0 bridgehead atoms. The van der Waals surface area contributed by atoms with E-state index in [2.05, 4.69) is 36.7 Å². The highest BCUT2D eigenvalue weighted by Crippen LogP contribution is 2.47. The maximum Gasteiger partial charge on any atom is 0.302 e. The third-order valence-corrected chi connectivity index (χ3v) is 5.43. The molecule has 1 unspecified atom stereocenters. The number of ether oxygens (including phenoxy) is 1. The van der Waals surface area contributed by atoms with E-state index >= 15 is 0 Å². The first-order valence-electron chi connectivity index (χ1n) is 5.63. The Labute approximate surface area is 101 Å². The molecule has 15 heavy (non-hydrogen) atoms. The van der Waals surface area contributed by atoms with Gasteiger partial charge in [0.05, 0.1) is 6.61 Å². The molecule has 0 amide bonds. The highest BCUT2D eigenvalue weighted by molar-refractivity contribution is 9.09. The number of hydrogen-bond donors (Lipinski definition) is 0. The number of esters is 1. The van der Waals surface area contributed by atoms with Crippen LogP contribution in [0.4, 0.5) is 0 Å². The van der Waals surface area contributed by atoms with Crippen molar-refractivity contribution in [3.63, 3.8) is 0 Å². The smallest absolute Gasteiger partial charge is 0.302 e. The monoisotopic (exact) mass is 276 g/mol. The van der Waals surface area contributed by atoms with Crippen molar-refractivity contribution in [3.05, 3.63) is 0 Å². The van der Waals surface area contributed by atoms with Crippen molar-refractivity contribution in [3.8, 4) is 0 Å². The Kier molecular flexibility index (Phi) is 4.21. The minimum Gasteiger partial charge on any atom is -0.466 e. The summed E-state index contributed by atoms with van der Waals surface area (Å²) in [6, 6.07) is 0. The van der Waals surface area contributed by atoms with E-state index in [1.54, 1.807) is 0 Å². The van der Waals surface area contributed by atoms with E-state index in [4.69, 9.17) is 4.74 Å². The minimum absolute atomic E-state index is 0.172. The molecule has 2 nitrogen and oxygen atoms in total. The van der Waals surface area contributed by atoms with Crippen molar-refractivity contribution in [2.45, 2.75) is 45.4 Å². The van der Waals surface area contributed by atoms with Crippen LogP contribution in [0.25, 0.3) is 0 Å². The predicted molar refractivity (Wildman–Crippen MR) is 65.0 cm³/mol. The Morgan fingerprint density at radius 1 is 1.47 bits per heavy atom. The van der Waals surface area contributed by atoms with Crippen LogP contribution in [-0.4, -0.2) is 17.4 Å². The molecule has 3 heteroatoms. The number of carbonyl (C=O) groups is 1. The van der Waals surface area contributed by atoms with Gasteiger partial charge in [-0.1, -0.05) is 36.7 Å². The van der Waals surface area contributed by atoms with Gasteiger partial charge >= 0.3 is 5.97 Å². The molecule has 0 radical (unpaired) electrons. The molecule has 0 heterocycles. The highest BCUT2D eigenvalue weighted by atomic mass is 79.9. The topological polar surface area (TPSA) is 26.3 Å². The van der Waals surface area contributed by atoms with Crippen LogP contribution >= 0.6 is 15.9 Å². The summed E-state index contributed by atoms with van der Waals surface area (Å²) in [6.45, 7) is 8.82. The largest absolute Gasteiger partial charge is 0.466 e. The first-order valence-corrected chi connectivity index (χ1v) is 6.54. The molecule has 0 aromatic rings. The third-order valence-electron chi connectivity index (χ3n) is 3.79. The minimum atomic E-state index is -0.172. The lowest BCUT2D eigenvalue weighted by atomic mass is 9.64. The highest BCUT2D eigenvalue weighted by Gasteiger charge is 2.43. The van der Waals surface area contributed by atoms with Crippen molar-refractivity contribution >= 4 is 21.9 Å². The van der Waals surface area contributed by atoms with Crippen molar-refractivity contribution in [1.29, 1.82) is 0 Å². The predicted octanol–water partition coefficient (Wildman–Crippen LogP) is 3.39. The normalized spacial score (nSPS) is 34.9. The van der Waals surface area contributed by atoms with Crippen LogP contribution in [0.2, 0.25) is 0 Å². The van der Waals surface area contributed by atoms with Crippen molar-refractivity contribution in [2.24, 2.45) is 17.3 Å². The molecular formula is C12H21BrO2. The number of halogens is 1. The first kappa shape index (κ1) is 13.0. The van der Waals surface area contributed by atoms with Gasteiger partial charge in [0.15, 0.2) is 0 Å². The average molecular weight is 277 g/mol. The van der Waals surface area contributed by atoms with Gasteiger partial charge < -0.3 is 4.74 Å². The molecule has 1 aliphatic carbocycles. The molecule has 1 aliphatic rings. The Morgan fingerprint density at radius 2 is 2.07 bits per heavy atom. The Balaban J connectivity index is 2.67. The molecule has 88 valence electrons. The number of carbonyl (C=O) groups excluding carboxylic acids is 1. The zero-order valence-corrected chi connectivity index (χ0v) is 11.6. The molecule has 1 saturated carbocycles. The van der Waals surface area contributed by atoms with Gasteiger partial charge in [0, 0.05) is 17.7 Å². The van der Waals surface area contributed by atoms with E-state index in [0.717, 1.165) is 0 Å². The fourth-order valence-electron chi connectivity index (χ4n) is 2.53. The number of alkyl halides is 1. The molecule has 1 rings (SSSR count). The van der Waals surface area contributed by atoms with Crippen LogP contribution in [0.1, 0.15) is 40.5 Å². The van der Waals surface area contributed by atoms with Gasteiger partial charge in [0.25, 0.3) is 0 Å². The van der Waals surface area contributed by atoms with Gasteiger partial charge in [-0.15, -0.1) is 0 Å². The first-order chi connectivity index (χ1) is 6.85. The summed E-state index contributed by atoms with van der Waals surface area (Å²) in [6.07, 6.45) is 2.43. The van der Waals surface area contributed by atoms with Crippen LogP contribution in [0.15, 0.2) is 0 Å². The van der Waals surface area contributed by atoms with Crippen molar-refractivity contribution < 1.29 is 9.53 Å². The van der Waals surface area contributed by atoms with Gasteiger partial charge in [0.2, 0.25) is 0 Å². The second-order valence-corrected chi connectivity index (χ2v) is 6.36.